The molecule has 1 saturated heterocycles. The van der Waals surface area contributed by atoms with Crippen LogP contribution < -0.4 is 20.7 Å². The zero-order valence-corrected chi connectivity index (χ0v) is 11.6. The number of hydrogen-bond acceptors (Lipinski definition) is 5. The molecule has 110 valence electrons. The minimum absolute atomic E-state index is 0.0882. The molecule has 1 aliphatic rings. The van der Waals surface area contributed by atoms with Gasteiger partial charge in [-0.2, -0.15) is 0 Å². The van der Waals surface area contributed by atoms with Crippen molar-refractivity contribution in [2.45, 2.75) is 6.10 Å². The van der Waals surface area contributed by atoms with Gasteiger partial charge in [-0.1, -0.05) is 12.1 Å². The molecule has 6 heteroatoms. The highest BCUT2D eigenvalue weighted by atomic mass is 16.5. The fourth-order valence-electron chi connectivity index (χ4n) is 2.20. The van der Waals surface area contributed by atoms with E-state index in [1.54, 1.807) is 7.11 Å². The molecular weight excluding hydrogens is 258 g/mol. The van der Waals surface area contributed by atoms with Crippen LogP contribution in [0.25, 0.3) is 0 Å². The number of rotatable bonds is 6. The van der Waals surface area contributed by atoms with Crippen LogP contribution in [0.1, 0.15) is 0 Å². The lowest BCUT2D eigenvalue weighted by Gasteiger charge is -2.15. The van der Waals surface area contributed by atoms with Gasteiger partial charge in [0, 0.05) is 25.6 Å². The van der Waals surface area contributed by atoms with E-state index in [-0.39, 0.29) is 24.5 Å². The van der Waals surface area contributed by atoms with Crippen LogP contribution in [0.5, 0.6) is 5.75 Å². The first-order valence-electron chi connectivity index (χ1n) is 6.73. The zero-order valence-electron chi connectivity index (χ0n) is 11.6. The van der Waals surface area contributed by atoms with Gasteiger partial charge in [-0.15, -0.1) is 0 Å². The van der Waals surface area contributed by atoms with E-state index in [2.05, 4.69) is 16.0 Å². The Bertz CT molecular complexity index is 453. The zero-order chi connectivity index (χ0) is 14.4. The number of methoxy groups -OCH3 is 1. The maximum atomic E-state index is 11.8. The molecule has 1 fully saturated rings. The summed E-state index contributed by atoms with van der Waals surface area (Å²) in [6, 6.07) is 7.44. The van der Waals surface area contributed by atoms with E-state index in [0.717, 1.165) is 12.2 Å². The number of β-amino-alcohol motifs (C(OH)–C–C–N with tert-alkyl or cyclic N) is 1. The molecule has 0 radical (unpaired) electrons. The van der Waals surface area contributed by atoms with Crippen molar-refractivity contribution in [1.82, 2.24) is 10.6 Å². The minimum Gasteiger partial charge on any atom is -0.495 e. The van der Waals surface area contributed by atoms with Crippen molar-refractivity contribution < 1.29 is 14.6 Å². The largest absolute Gasteiger partial charge is 0.495 e. The van der Waals surface area contributed by atoms with Gasteiger partial charge in [-0.3, -0.25) is 4.79 Å². The molecule has 4 N–H and O–H groups in total. The van der Waals surface area contributed by atoms with Crippen LogP contribution in [0.4, 0.5) is 5.69 Å². The number of nitrogens with one attached hydrogen (secondary N) is 3. The van der Waals surface area contributed by atoms with Crippen LogP contribution in [-0.2, 0) is 4.79 Å². The monoisotopic (exact) mass is 279 g/mol. The number of benzene rings is 1. The smallest absolute Gasteiger partial charge is 0.239 e. The Morgan fingerprint density at radius 1 is 1.45 bits per heavy atom. The first kappa shape index (κ1) is 14.6. The van der Waals surface area contributed by atoms with Gasteiger partial charge in [0.05, 0.1) is 25.4 Å². The molecule has 2 atom stereocenters. The second-order valence-electron chi connectivity index (χ2n) is 4.84. The molecule has 0 saturated carbocycles. The molecule has 0 aromatic heterocycles. The van der Waals surface area contributed by atoms with E-state index >= 15 is 0 Å². The molecule has 1 heterocycles. The fraction of sp³-hybridized carbons (Fsp3) is 0.500. The third kappa shape index (κ3) is 3.85. The molecule has 6 nitrogen and oxygen atoms in total. The van der Waals surface area contributed by atoms with Gasteiger partial charge in [-0.05, 0) is 12.1 Å². The average Bonchev–Trinajstić information content (AvgIpc) is 2.88. The molecule has 1 amide bonds. The maximum Gasteiger partial charge on any atom is 0.239 e. The topological polar surface area (TPSA) is 82.6 Å². The Kier molecular flexibility index (Phi) is 5.20. The van der Waals surface area contributed by atoms with Gasteiger partial charge >= 0.3 is 0 Å². The van der Waals surface area contributed by atoms with Crippen molar-refractivity contribution >= 4 is 11.6 Å². The Balaban J connectivity index is 1.74. The summed E-state index contributed by atoms with van der Waals surface area (Å²) in [6.07, 6.45) is -0.377. The van der Waals surface area contributed by atoms with Crippen LogP contribution >= 0.6 is 0 Å². The minimum atomic E-state index is -0.377. The number of hydrogen-bond donors (Lipinski definition) is 4. The predicted octanol–water partition coefficient (Wildman–Crippen LogP) is -0.196. The summed E-state index contributed by atoms with van der Waals surface area (Å²) in [5.41, 5.74) is 0.785. The van der Waals surface area contributed by atoms with Gasteiger partial charge in [0.25, 0.3) is 0 Å². The van der Waals surface area contributed by atoms with Gasteiger partial charge in [-0.25, -0.2) is 0 Å². The van der Waals surface area contributed by atoms with E-state index < -0.39 is 0 Å². The summed E-state index contributed by atoms with van der Waals surface area (Å²) in [7, 11) is 1.59. The van der Waals surface area contributed by atoms with Crippen LogP contribution in [0.15, 0.2) is 24.3 Å². The molecule has 1 aromatic carbocycles. The van der Waals surface area contributed by atoms with Gasteiger partial charge in [0.1, 0.15) is 5.75 Å². The number of carbonyl (C=O) groups excluding carboxylic acids is 1. The number of para-hydroxylation sites is 2. The predicted molar refractivity (Wildman–Crippen MR) is 76.9 cm³/mol. The number of aliphatic hydroxyl groups is 1. The van der Waals surface area contributed by atoms with Crippen LogP contribution in [-0.4, -0.2) is 50.4 Å². The lowest BCUT2D eigenvalue weighted by atomic mass is 10.1. The standard InChI is InChI=1S/C14H21N3O3/c1-20-13-5-3-2-4-11(13)16-9-14(19)17-7-10-6-15-8-12(10)18/h2-5,10,12,15-16,18H,6-9H2,1H3,(H,17,19). The number of carbonyl (C=O) groups is 1. The number of amides is 1. The lowest BCUT2D eigenvalue weighted by molar-refractivity contribution is -0.119. The quantitative estimate of drug-likeness (QED) is 0.580. The highest BCUT2D eigenvalue weighted by Gasteiger charge is 2.24. The normalized spacial score (nSPS) is 21.5. The second kappa shape index (κ2) is 7.12. The lowest BCUT2D eigenvalue weighted by Crippen LogP contribution is -2.37. The molecule has 1 aromatic rings. The Morgan fingerprint density at radius 3 is 2.95 bits per heavy atom. The first-order chi connectivity index (χ1) is 9.70. The number of aliphatic hydroxyl groups excluding tert-OH is 1. The van der Waals surface area contributed by atoms with Crippen molar-refractivity contribution in [3.05, 3.63) is 24.3 Å². The fourth-order valence-corrected chi connectivity index (χ4v) is 2.20. The molecule has 0 spiro atoms. The molecule has 2 unspecified atom stereocenters. The third-order valence-electron chi connectivity index (χ3n) is 3.41. The molecule has 0 bridgehead atoms. The maximum absolute atomic E-state index is 11.8. The molecular formula is C14H21N3O3. The van der Waals surface area contributed by atoms with Crippen LogP contribution in [0, 0.1) is 5.92 Å². The summed E-state index contributed by atoms with van der Waals surface area (Å²) in [5.74, 6) is 0.691. The highest BCUT2D eigenvalue weighted by molar-refractivity contribution is 5.81. The van der Waals surface area contributed by atoms with Crippen molar-refractivity contribution in [2.24, 2.45) is 5.92 Å². The van der Waals surface area contributed by atoms with Crippen molar-refractivity contribution in [3.8, 4) is 5.75 Å². The van der Waals surface area contributed by atoms with Gasteiger partial charge in [0.15, 0.2) is 0 Å². The molecule has 2 rings (SSSR count). The molecule has 20 heavy (non-hydrogen) atoms. The summed E-state index contributed by atoms with van der Waals surface area (Å²) in [5, 5.41) is 18.6. The summed E-state index contributed by atoms with van der Waals surface area (Å²) < 4.78 is 5.20. The van der Waals surface area contributed by atoms with Gasteiger partial charge < -0.3 is 25.8 Å². The summed E-state index contributed by atoms with van der Waals surface area (Å²) >= 11 is 0. The first-order valence-corrected chi connectivity index (χ1v) is 6.73. The SMILES string of the molecule is COc1ccccc1NCC(=O)NCC1CNCC1O. The molecule has 0 aliphatic carbocycles. The third-order valence-corrected chi connectivity index (χ3v) is 3.41. The van der Waals surface area contributed by atoms with E-state index in [1.807, 2.05) is 24.3 Å². The number of ether oxygens (including phenoxy) is 1. The van der Waals surface area contributed by atoms with Crippen molar-refractivity contribution in [3.63, 3.8) is 0 Å². The Labute approximate surface area is 118 Å². The Morgan fingerprint density at radius 2 is 2.25 bits per heavy atom. The molecule has 1 aliphatic heterocycles. The second-order valence-corrected chi connectivity index (χ2v) is 4.84. The van der Waals surface area contributed by atoms with Crippen molar-refractivity contribution in [1.29, 1.82) is 0 Å². The average molecular weight is 279 g/mol. The number of anilines is 1. The van der Waals surface area contributed by atoms with E-state index in [1.165, 1.54) is 0 Å². The van der Waals surface area contributed by atoms with Crippen LogP contribution in [0.3, 0.4) is 0 Å². The van der Waals surface area contributed by atoms with Crippen LogP contribution in [0.2, 0.25) is 0 Å². The summed E-state index contributed by atoms with van der Waals surface area (Å²) in [4.78, 5) is 11.8. The Hall–Kier alpha value is -1.79. The van der Waals surface area contributed by atoms with Gasteiger partial charge in [0.2, 0.25) is 5.91 Å². The highest BCUT2D eigenvalue weighted by Crippen LogP contribution is 2.22. The van der Waals surface area contributed by atoms with E-state index in [0.29, 0.717) is 18.8 Å². The summed E-state index contributed by atoms with van der Waals surface area (Å²) in [6.45, 7) is 2.00. The van der Waals surface area contributed by atoms with Crippen molar-refractivity contribution in [2.75, 3.05) is 38.6 Å². The van der Waals surface area contributed by atoms with E-state index in [4.69, 9.17) is 4.74 Å². The van der Waals surface area contributed by atoms with E-state index in [9.17, 15) is 9.90 Å².